The zero-order valence-corrected chi connectivity index (χ0v) is 11.6. The number of benzene rings is 1. The number of anilines is 1. The molecule has 0 amide bonds. The zero-order valence-electron chi connectivity index (χ0n) is 10.9. The molecule has 102 valence electrons. The molecule has 0 bridgehead atoms. The first-order valence-electron chi connectivity index (χ1n) is 6.14. The molecule has 0 atom stereocenters. The summed E-state index contributed by atoms with van der Waals surface area (Å²) in [5.41, 5.74) is 8.74. The molecule has 0 fully saturated rings. The van der Waals surface area contributed by atoms with Crippen LogP contribution in [-0.2, 0) is 0 Å². The van der Waals surface area contributed by atoms with Crippen LogP contribution >= 0.6 is 11.6 Å². The number of nitrogens with zero attached hydrogens (tertiary/aromatic N) is 4. The molecule has 0 radical (unpaired) electrons. The van der Waals surface area contributed by atoms with Crippen molar-refractivity contribution in [1.29, 1.82) is 5.26 Å². The van der Waals surface area contributed by atoms with Crippen molar-refractivity contribution in [1.82, 2.24) is 14.5 Å². The molecule has 2 heterocycles. The van der Waals surface area contributed by atoms with Crippen molar-refractivity contribution in [3.63, 3.8) is 0 Å². The Morgan fingerprint density at radius 1 is 1.29 bits per heavy atom. The molecule has 0 unspecified atom stereocenters. The molecule has 0 aliphatic heterocycles. The Labute approximate surface area is 126 Å². The molecule has 21 heavy (non-hydrogen) atoms. The SMILES string of the molecule is N#Cc1ccc(-n2cncc2-c2cccnc2N)cc1Cl. The first kappa shape index (κ1) is 13.2. The average Bonchev–Trinajstić information content (AvgIpc) is 2.97. The van der Waals surface area contributed by atoms with Crippen molar-refractivity contribution in [3.05, 3.63) is 59.6 Å². The lowest BCUT2D eigenvalue weighted by Gasteiger charge is -2.10. The maximum Gasteiger partial charge on any atom is 0.132 e. The number of hydrogen-bond donors (Lipinski definition) is 1. The fourth-order valence-electron chi connectivity index (χ4n) is 2.08. The minimum absolute atomic E-state index is 0.397. The van der Waals surface area contributed by atoms with Crippen LogP contribution in [0.2, 0.25) is 5.02 Å². The number of hydrogen-bond acceptors (Lipinski definition) is 4. The van der Waals surface area contributed by atoms with E-state index in [0.717, 1.165) is 16.9 Å². The Kier molecular flexibility index (Phi) is 3.30. The third-order valence-corrected chi connectivity index (χ3v) is 3.42. The van der Waals surface area contributed by atoms with E-state index in [1.807, 2.05) is 28.8 Å². The molecule has 0 saturated carbocycles. The molecule has 0 aliphatic carbocycles. The van der Waals surface area contributed by atoms with E-state index in [1.54, 1.807) is 30.9 Å². The molecular formula is C15H10ClN5. The molecule has 0 spiro atoms. The van der Waals surface area contributed by atoms with Crippen LogP contribution in [0.25, 0.3) is 16.9 Å². The second-order valence-electron chi connectivity index (χ2n) is 4.36. The predicted octanol–water partition coefficient (Wildman–Crippen LogP) is 3.04. The van der Waals surface area contributed by atoms with E-state index < -0.39 is 0 Å². The van der Waals surface area contributed by atoms with Crippen molar-refractivity contribution >= 4 is 17.4 Å². The van der Waals surface area contributed by atoms with Gasteiger partial charge >= 0.3 is 0 Å². The van der Waals surface area contributed by atoms with Gasteiger partial charge in [0.2, 0.25) is 0 Å². The minimum atomic E-state index is 0.397. The van der Waals surface area contributed by atoms with Crippen molar-refractivity contribution in [3.8, 4) is 23.0 Å². The molecule has 6 heteroatoms. The van der Waals surface area contributed by atoms with E-state index in [-0.39, 0.29) is 0 Å². The van der Waals surface area contributed by atoms with Gasteiger partial charge in [0.15, 0.2) is 0 Å². The maximum absolute atomic E-state index is 8.93. The largest absolute Gasteiger partial charge is 0.383 e. The van der Waals surface area contributed by atoms with Crippen LogP contribution in [-0.4, -0.2) is 14.5 Å². The van der Waals surface area contributed by atoms with Crippen molar-refractivity contribution in [2.45, 2.75) is 0 Å². The fraction of sp³-hybridized carbons (Fsp3) is 0. The van der Waals surface area contributed by atoms with Gasteiger partial charge in [0.1, 0.15) is 11.9 Å². The summed E-state index contributed by atoms with van der Waals surface area (Å²) in [5, 5.41) is 9.33. The molecule has 2 N–H and O–H groups in total. The second-order valence-corrected chi connectivity index (χ2v) is 4.77. The third kappa shape index (κ3) is 2.33. The maximum atomic E-state index is 8.93. The van der Waals surface area contributed by atoms with Crippen molar-refractivity contribution < 1.29 is 0 Å². The molecule has 0 aliphatic rings. The van der Waals surface area contributed by atoms with Crippen LogP contribution in [0.4, 0.5) is 5.82 Å². The molecule has 3 rings (SSSR count). The Balaban J connectivity index is 2.14. The lowest BCUT2D eigenvalue weighted by Crippen LogP contribution is -1.99. The van der Waals surface area contributed by atoms with Crippen LogP contribution in [0.1, 0.15) is 5.56 Å². The Bertz CT molecular complexity index is 847. The average molecular weight is 296 g/mol. The van der Waals surface area contributed by atoms with Crippen molar-refractivity contribution in [2.75, 3.05) is 5.73 Å². The summed E-state index contributed by atoms with van der Waals surface area (Å²) >= 11 is 6.08. The summed E-state index contributed by atoms with van der Waals surface area (Å²) in [4.78, 5) is 8.24. The van der Waals surface area contributed by atoms with Crippen molar-refractivity contribution in [2.24, 2.45) is 0 Å². The molecular weight excluding hydrogens is 286 g/mol. The van der Waals surface area contributed by atoms with Crippen LogP contribution < -0.4 is 5.73 Å². The molecule has 0 saturated heterocycles. The first-order valence-corrected chi connectivity index (χ1v) is 6.51. The molecule has 3 aromatic rings. The van der Waals surface area contributed by atoms with E-state index >= 15 is 0 Å². The Morgan fingerprint density at radius 2 is 2.14 bits per heavy atom. The van der Waals surface area contributed by atoms with Gasteiger partial charge < -0.3 is 5.73 Å². The monoisotopic (exact) mass is 295 g/mol. The number of rotatable bonds is 2. The minimum Gasteiger partial charge on any atom is -0.383 e. The summed E-state index contributed by atoms with van der Waals surface area (Å²) in [6.45, 7) is 0. The van der Waals surface area contributed by atoms with Gasteiger partial charge in [-0.2, -0.15) is 5.26 Å². The first-order chi connectivity index (χ1) is 10.2. The van der Waals surface area contributed by atoms with Crippen LogP contribution in [0.5, 0.6) is 0 Å². The zero-order chi connectivity index (χ0) is 14.8. The van der Waals surface area contributed by atoms with E-state index in [9.17, 15) is 0 Å². The van der Waals surface area contributed by atoms with Gasteiger partial charge in [-0.25, -0.2) is 9.97 Å². The lowest BCUT2D eigenvalue weighted by atomic mass is 10.1. The number of aromatic nitrogens is 3. The molecule has 2 aromatic heterocycles. The van der Waals surface area contributed by atoms with Gasteiger partial charge in [0.05, 0.1) is 28.8 Å². The Morgan fingerprint density at radius 3 is 2.86 bits per heavy atom. The Hall–Kier alpha value is -2.84. The smallest absolute Gasteiger partial charge is 0.132 e. The van der Waals surface area contributed by atoms with E-state index in [0.29, 0.717) is 16.4 Å². The van der Waals surface area contributed by atoms with Gasteiger partial charge in [0, 0.05) is 17.4 Å². The highest BCUT2D eigenvalue weighted by molar-refractivity contribution is 6.31. The number of imidazole rings is 1. The molecule has 5 nitrogen and oxygen atoms in total. The summed E-state index contributed by atoms with van der Waals surface area (Å²) in [6.07, 6.45) is 5.01. The summed E-state index contributed by atoms with van der Waals surface area (Å²) in [7, 11) is 0. The summed E-state index contributed by atoms with van der Waals surface area (Å²) in [6, 6.07) is 10.9. The fourth-order valence-corrected chi connectivity index (χ4v) is 2.30. The molecule has 1 aromatic carbocycles. The normalized spacial score (nSPS) is 10.3. The van der Waals surface area contributed by atoms with Gasteiger partial charge in [-0.15, -0.1) is 0 Å². The lowest BCUT2D eigenvalue weighted by molar-refractivity contribution is 1.06. The standard InChI is InChI=1S/C15H10ClN5/c16-13-6-11(4-3-10(13)7-17)21-9-19-8-14(21)12-2-1-5-20-15(12)18/h1-6,8-9H,(H2,18,20). The number of nitriles is 1. The van der Waals surface area contributed by atoms with E-state index in [4.69, 9.17) is 22.6 Å². The number of nitrogen functional groups attached to an aromatic ring is 1. The number of pyridine rings is 1. The number of halogens is 1. The van der Waals surface area contributed by atoms with Gasteiger partial charge in [-0.1, -0.05) is 11.6 Å². The van der Waals surface area contributed by atoms with Gasteiger partial charge in [0.25, 0.3) is 0 Å². The summed E-state index contributed by atoms with van der Waals surface area (Å²) < 4.78 is 1.85. The highest BCUT2D eigenvalue weighted by Gasteiger charge is 2.11. The summed E-state index contributed by atoms with van der Waals surface area (Å²) in [5.74, 6) is 0.430. The van der Waals surface area contributed by atoms with Gasteiger partial charge in [-0.3, -0.25) is 4.57 Å². The second kappa shape index (κ2) is 5.27. The third-order valence-electron chi connectivity index (χ3n) is 3.10. The topological polar surface area (TPSA) is 80.5 Å². The van der Waals surface area contributed by atoms with E-state index in [1.165, 1.54) is 0 Å². The quantitative estimate of drug-likeness (QED) is 0.788. The van der Waals surface area contributed by atoms with Crippen LogP contribution in [0.3, 0.4) is 0 Å². The highest BCUT2D eigenvalue weighted by Crippen LogP contribution is 2.28. The van der Waals surface area contributed by atoms with E-state index in [2.05, 4.69) is 9.97 Å². The highest BCUT2D eigenvalue weighted by atomic mass is 35.5. The van der Waals surface area contributed by atoms with Gasteiger partial charge in [-0.05, 0) is 30.3 Å². The van der Waals surface area contributed by atoms with Crippen LogP contribution in [0.15, 0.2) is 49.1 Å². The number of nitrogens with two attached hydrogens (primary N) is 1. The van der Waals surface area contributed by atoms with Crippen LogP contribution in [0, 0.1) is 11.3 Å². The predicted molar refractivity (Wildman–Crippen MR) is 80.9 cm³/mol.